The number of rotatable bonds is 6. The molecule has 0 fully saturated rings. The second kappa shape index (κ2) is 8.59. The number of aliphatic imine (C=N–C) groups is 1. The fourth-order valence-corrected chi connectivity index (χ4v) is 1.83. The van der Waals surface area contributed by atoms with Crippen LogP contribution in [0.5, 0.6) is 0 Å². The fourth-order valence-electron chi connectivity index (χ4n) is 1.83. The lowest BCUT2D eigenvalue weighted by Crippen LogP contribution is -2.38. The van der Waals surface area contributed by atoms with Crippen molar-refractivity contribution in [2.45, 2.75) is 26.9 Å². The third-order valence-corrected chi connectivity index (χ3v) is 2.88. The molecular weight excluding hydrogens is 248 g/mol. The first kappa shape index (κ1) is 16.5. The molecule has 0 heterocycles. The van der Waals surface area contributed by atoms with Crippen molar-refractivity contribution >= 4 is 5.96 Å². The van der Waals surface area contributed by atoms with Crippen LogP contribution in [-0.2, 0) is 13.1 Å². The van der Waals surface area contributed by atoms with Crippen LogP contribution in [0.15, 0.2) is 29.3 Å². The molecule has 20 heavy (non-hydrogen) atoms. The summed E-state index contributed by atoms with van der Waals surface area (Å²) in [5, 5.41) is 6.64. The third kappa shape index (κ3) is 6.57. The van der Waals surface area contributed by atoms with Crippen LogP contribution in [0.2, 0.25) is 0 Å². The zero-order valence-electron chi connectivity index (χ0n) is 13.4. The maximum atomic E-state index is 4.22. The smallest absolute Gasteiger partial charge is 0.191 e. The molecule has 0 aliphatic rings. The summed E-state index contributed by atoms with van der Waals surface area (Å²) >= 11 is 0. The van der Waals surface area contributed by atoms with Crippen LogP contribution in [0, 0.1) is 5.92 Å². The number of nitrogens with zero attached hydrogens (tertiary/aromatic N) is 2. The lowest BCUT2D eigenvalue weighted by molar-refractivity contribution is 0.402. The first-order valence-electron chi connectivity index (χ1n) is 7.18. The van der Waals surface area contributed by atoms with Crippen molar-refractivity contribution in [2.24, 2.45) is 10.9 Å². The second-order valence-electron chi connectivity index (χ2n) is 5.75. The van der Waals surface area contributed by atoms with Gasteiger partial charge in [0.1, 0.15) is 0 Å². The summed E-state index contributed by atoms with van der Waals surface area (Å²) in [4.78, 5) is 6.39. The molecule has 0 spiro atoms. The van der Waals surface area contributed by atoms with E-state index >= 15 is 0 Å². The van der Waals surface area contributed by atoms with E-state index in [0.29, 0.717) is 5.92 Å². The predicted molar refractivity (Wildman–Crippen MR) is 86.9 cm³/mol. The lowest BCUT2D eigenvalue weighted by Gasteiger charge is -2.14. The molecule has 0 aromatic heterocycles. The fraction of sp³-hybridized carbons (Fsp3) is 0.562. The van der Waals surface area contributed by atoms with Gasteiger partial charge in [-0.1, -0.05) is 38.1 Å². The molecule has 112 valence electrons. The zero-order chi connectivity index (χ0) is 15.0. The van der Waals surface area contributed by atoms with Crippen molar-refractivity contribution < 1.29 is 0 Å². The summed E-state index contributed by atoms with van der Waals surface area (Å²) < 4.78 is 0. The van der Waals surface area contributed by atoms with Crippen LogP contribution in [0.3, 0.4) is 0 Å². The van der Waals surface area contributed by atoms with Crippen LogP contribution in [0.4, 0.5) is 0 Å². The molecular formula is C16H28N4. The SMILES string of the molecule is CN=C(NCc1ccc(CN(C)C)cc1)NCC(C)C. The Morgan fingerprint density at radius 1 is 1.10 bits per heavy atom. The van der Waals surface area contributed by atoms with E-state index in [0.717, 1.165) is 25.6 Å². The average Bonchev–Trinajstić information content (AvgIpc) is 2.40. The van der Waals surface area contributed by atoms with Crippen LogP contribution in [0.1, 0.15) is 25.0 Å². The molecule has 1 aromatic carbocycles. The standard InChI is InChI=1S/C16H28N4/c1-13(2)10-18-16(17-3)19-11-14-6-8-15(9-7-14)12-20(4)5/h6-9,13H,10-12H2,1-5H3,(H2,17,18,19). The molecule has 2 N–H and O–H groups in total. The highest BCUT2D eigenvalue weighted by Crippen LogP contribution is 2.05. The van der Waals surface area contributed by atoms with Gasteiger partial charge in [0.05, 0.1) is 0 Å². The van der Waals surface area contributed by atoms with E-state index in [1.54, 1.807) is 7.05 Å². The third-order valence-electron chi connectivity index (χ3n) is 2.88. The van der Waals surface area contributed by atoms with Gasteiger partial charge in [0.15, 0.2) is 5.96 Å². The van der Waals surface area contributed by atoms with E-state index in [1.165, 1.54) is 11.1 Å². The Balaban J connectivity index is 2.44. The van der Waals surface area contributed by atoms with Gasteiger partial charge in [-0.3, -0.25) is 4.99 Å². The largest absolute Gasteiger partial charge is 0.356 e. The van der Waals surface area contributed by atoms with Crippen LogP contribution >= 0.6 is 0 Å². The summed E-state index contributed by atoms with van der Waals surface area (Å²) in [6.45, 7) is 7.07. The van der Waals surface area contributed by atoms with E-state index < -0.39 is 0 Å². The zero-order valence-corrected chi connectivity index (χ0v) is 13.4. The first-order chi connectivity index (χ1) is 9.51. The van der Waals surface area contributed by atoms with Crippen molar-refractivity contribution in [1.82, 2.24) is 15.5 Å². The highest BCUT2D eigenvalue weighted by atomic mass is 15.2. The minimum absolute atomic E-state index is 0.610. The van der Waals surface area contributed by atoms with Gasteiger partial charge >= 0.3 is 0 Å². The Bertz CT molecular complexity index is 407. The number of nitrogens with one attached hydrogen (secondary N) is 2. The minimum atomic E-state index is 0.610. The molecule has 0 amide bonds. The van der Waals surface area contributed by atoms with E-state index in [9.17, 15) is 0 Å². The molecule has 0 aliphatic carbocycles. The number of hydrogen-bond acceptors (Lipinski definition) is 2. The van der Waals surface area contributed by atoms with Gasteiger partial charge in [0, 0.05) is 26.7 Å². The van der Waals surface area contributed by atoms with Gasteiger partial charge in [-0.15, -0.1) is 0 Å². The highest BCUT2D eigenvalue weighted by molar-refractivity contribution is 5.79. The Morgan fingerprint density at radius 2 is 1.70 bits per heavy atom. The van der Waals surface area contributed by atoms with E-state index in [4.69, 9.17) is 0 Å². The highest BCUT2D eigenvalue weighted by Gasteiger charge is 2.00. The lowest BCUT2D eigenvalue weighted by atomic mass is 10.1. The summed E-state index contributed by atoms with van der Waals surface area (Å²) in [7, 11) is 5.97. The van der Waals surface area contributed by atoms with Crippen LogP contribution in [0.25, 0.3) is 0 Å². The summed E-state index contributed by atoms with van der Waals surface area (Å²) in [6.07, 6.45) is 0. The Hall–Kier alpha value is -1.55. The van der Waals surface area contributed by atoms with E-state index in [-0.39, 0.29) is 0 Å². The van der Waals surface area contributed by atoms with Gasteiger partial charge in [-0.25, -0.2) is 0 Å². The summed E-state index contributed by atoms with van der Waals surface area (Å²) in [5.74, 6) is 1.47. The molecule has 4 nitrogen and oxygen atoms in total. The molecule has 1 rings (SSSR count). The quantitative estimate of drug-likeness (QED) is 0.617. The normalized spacial score (nSPS) is 12.1. The van der Waals surface area contributed by atoms with Crippen molar-refractivity contribution in [1.29, 1.82) is 0 Å². The molecule has 0 aliphatic heterocycles. The predicted octanol–water partition coefficient (Wildman–Crippen LogP) is 2.07. The number of hydrogen-bond donors (Lipinski definition) is 2. The summed E-state index contributed by atoms with van der Waals surface area (Å²) in [5.41, 5.74) is 2.60. The van der Waals surface area contributed by atoms with Crippen molar-refractivity contribution in [2.75, 3.05) is 27.7 Å². The van der Waals surface area contributed by atoms with Crippen LogP contribution < -0.4 is 10.6 Å². The molecule has 0 saturated heterocycles. The second-order valence-corrected chi connectivity index (χ2v) is 5.75. The Kier molecular flexibility index (Phi) is 7.09. The topological polar surface area (TPSA) is 39.7 Å². The Labute approximate surface area is 123 Å². The van der Waals surface area contributed by atoms with Gasteiger partial charge < -0.3 is 15.5 Å². The van der Waals surface area contributed by atoms with Gasteiger partial charge in [0.2, 0.25) is 0 Å². The van der Waals surface area contributed by atoms with E-state index in [2.05, 4.69) is 72.7 Å². The van der Waals surface area contributed by atoms with Gasteiger partial charge in [-0.2, -0.15) is 0 Å². The minimum Gasteiger partial charge on any atom is -0.356 e. The van der Waals surface area contributed by atoms with Crippen molar-refractivity contribution in [3.05, 3.63) is 35.4 Å². The Morgan fingerprint density at radius 3 is 2.20 bits per heavy atom. The molecule has 1 aromatic rings. The molecule has 0 unspecified atom stereocenters. The maximum Gasteiger partial charge on any atom is 0.191 e. The average molecular weight is 276 g/mol. The van der Waals surface area contributed by atoms with Crippen molar-refractivity contribution in [3.8, 4) is 0 Å². The van der Waals surface area contributed by atoms with E-state index in [1.807, 2.05) is 0 Å². The number of benzene rings is 1. The van der Waals surface area contributed by atoms with Crippen molar-refractivity contribution in [3.63, 3.8) is 0 Å². The monoisotopic (exact) mass is 276 g/mol. The number of guanidine groups is 1. The van der Waals surface area contributed by atoms with Gasteiger partial charge in [-0.05, 0) is 31.1 Å². The first-order valence-corrected chi connectivity index (χ1v) is 7.18. The molecule has 0 radical (unpaired) electrons. The molecule has 0 saturated carbocycles. The molecule has 0 bridgehead atoms. The molecule has 0 atom stereocenters. The molecule has 4 heteroatoms. The van der Waals surface area contributed by atoms with Crippen LogP contribution in [-0.4, -0.2) is 38.5 Å². The van der Waals surface area contributed by atoms with Gasteiger partial charge in [0.25, 0.3) is 0 Å². The summed E-state index contributed by atoms with van der Waals surface area (Å²) in [6, 6.07) is 8.70. The maximum absolute atomic E-state index is 4.22.